The number of fused-ring (bicyclic) bond motifs is 1. The van der Waals surface area contributed by atoms with E-state index in [4.69, 9.17) is 26.8 Å². The lowest BCUT2D eigenvalue weighted by atomic mass is 10.1. The summed E-state index contributed by atoms with van der Waals surface area (Å²) in [5.74, 6) is 2.04. The van der Waals surface area contributed by atoms with Gasteiger partial charge in [-0.05, 0) is 37.0 Å². The molecule has 0 spiro atoms. The summed E-state index contributed by atoms with van der Waals surface area (Å²) in [6, 6.07) is 3.91. The summed E-state index contributed by atoms with van der Waals surface area (Å²) in [4.78, 5) is 6.73. The van der Waals surface area contributed by atoms with Crippen LogP contribution >= 0.6 is 11.6 Å². The van der Waals surface area contributed by atoms with Crippen molar-refractivity contribution in [2.45, 2.75) is 32.1 Å². The van der Waals surface area contributed by atoms with Gasteiger partial charge in [0.05, 0.1) is 5.02 Å². The van der Waals surface area contributed by atoms with Crippen molar-refractivity contribution >= 4 is 17.6 Å². The summed E-state index contributed by atoms with van der Waals surface area (Å²) in [5.41, 5.74) is 7.22. The number of likely N-dealkylation sites (tertiary alicyclic amines) is 1. The lowest BCUT2D eigenvalue weighted by molar-refractivity contribution is 0.171. The summed E-state index contributed by atoms with van der Waals surface area (Å²) in [6.45, 7) is 3.80. The van der Waals surface area contributed by atoms with Gasteiger partial charge in [-0.2, -0.15) is 0 Å². The monoisotopic (exact) mass is 337 g/mol. The normalized spacial score (nSPS) is 18.7. The molecule has 2 aliphatic rings. The number of hydrogen-bond acceptors (Lipinski definition) is 3. The van der Waals surface area contributed by atoms with E-state index in [9.17, 15) is 0 Å². The van der Waals surface area contributed by atoms with Crippen LogP contribution in [0.5, 0.6) is 11.5 Å². The summed E-state index contributed by atoms with van der Waals surface area (Å²) in [6.07, 6.45) is 5.77. The van der Waals surface area contributed by atoms with Crippen LogP contribution in [0.4, 0.5) is 0 Å². The average molecular weight is 338 g/mol. The van der Waals surface area contributed by atoms with E-state index in [0.717, 1.165) is 30.8 Å². The zero-order valence-corrected chi connectivity index (χ0v) is 14.1. The van der Waals surface area contributed by atoms with Crippen LogP contribution in [0.25, 0.3) is 0 Å². The van der Waals surface area contributed by atoms with Gasteiger partial charge in [0, 0.05) is 19.6 Å². The molecule has 1 aromatic carbocycles. The molecule has 1 fully saturated rings. The van der Waals surface area contributed by atoms with E-state index in [1.165, 1.54) is 25.7 Å². The molecule has 0 saturated carbocycles. The summed E-state index contributed by atoms with van der Waals surface area (Å²) in [5, 5.41) is 0.599. The first-order valence-corrected chi connectivity index (χ1v) is 8.75. The Hall–Kier alpha value is -1.62. The molecule has 0 radical (unpaired) electrons. The second kappa shape index (κ2) is 7.77. The number of nitrogens with zero attached hydrogens (tertiary/aromatic N) is 2. The van der Waals surface area contributed by atoms with Crippen molar-refractivity contribution in [1.29, 1.82) is 0 Å². The molecule has 0 bridgehead atoms. The summed E-state index contributed by atoms with van der Waals surface area (Å²) >= 11 is 6.25. The van der Waals surface area contributed by atoms with Crippen molar-refractivity contribution in [3.8, 4) is 11.5 Å². The fourth-order valence-corrected chi connectivity index (χ4v) is 3.30. The number of guanidine groups is 1. The maximum absolute atomic E-state index is 6.25. The van der Waals surface area contributed by atoms with Gasteiger partial charge in [-0.3, -0.25) is 4.99 Å². The number of halogens is 1. The van der Waals surface area contributed by atoms with Crippen LogP contribution < -0.4 is 15.2 Å². The van der Waals surface area contributed by atoms with Crippen molar-refractivity contribution in [1.82, 2.24) is 4.90 Å². The standard InChI is InChI=1S/C17H24ClN3O2/c18-14-11-13(12-15-16(14)23-10-9-22-15)5-6-20-17(19)21-7-3-1-2-4-8-21/h11-12H,1-10H2,(H2,19,20). The third-order valence-corrected chi connectivity index (χ3v) is 4.54. The number of benzene rings is 1. The maximum Gasteiger partial charge on any atom is 0.191 e. The quantitative estimate of drug-likeness (QED) is 0.680. The maximum atomic E-state index is 6.25. The molecule has 2 aliphatic heterocycles. The number of ether oxygens (including phenoxy) is 2. The van der Waals surface area contributed by atoms with Gasteiger partial charge in [-0.1, -0.05) is 24.4 Å². The first kappa shape index (κ1) is 16.2. The topological polar surface area (TPSA) is 60.1 Å². The van der Waals surface area contributed by atoms with Crippen molar-refractivity contribution in [2.24, 2.45) is 10.7 Å². The molecule has 0 atom stereocenters. The van der Waals surface area contributed by atoms with Gasteiger partial charge >= 0.3 is 0 Å². The van der Waals surface area contributed by atoms with Crippen LogP contribution in [0, 0.1) is 0 Å². The Morgan fingerprint density at radius 2 is 1.87 bits per heavy atom. The Morgan fingerprint density at radius 1 is 1.13 bits per heavy atom. The highest BCUT2D eigenvalue weighted by molar-refractivity contribution is 6.32. The molecule has 0 aromatic heterocycles. The number of nitrogens with two attached hydrogens (primary N) is 1. The Balaban J connectivity index is 1.59. The van der Waals surface area contributed by atoms with Crippen LogP contribution in [-0.4, -0.2) is 43.7 Å². The molecule has 0 aliphatic carbocycles. The predicted octanol–water partition coefficient (Wildman–Crippen LogP) is 2.84. The van der Waals surface area contributed by atoms with Crippen molar-refractivity contribution < 1.29 is 9.47 Å². The van der Waals surface area contributed by atoms with Crippen molar-refractivity contribution in [3.05, 3.63) is 22.7 Å². The Labute approximate surface area is 142 Å². The van der Waals surface area contributed by atoms with Crippen LogP contribution in [0.3, 0.4) is 0 Å². The van der Waals surface area contributed by atoms with E-state index in [1.54, 1.807) is 0 Å². The highest BCUT2D eigenvalue weighted by Crippen LogP contribution is 2.38. The van der Waals surface area contributed by atoms with E-state index in [1.807, 2.05) is 12.1 Å². The Kier molecular flexibility index (Phi) is 5.49. The fraction of sp³-hybridized carbons (Fsp3) is 0.588. The second-order valence-corrected chi connectivity index (χ2v) is 6.40. The zero-order valence-electron chi connectivity index (χ0n) is 13.4. The van der Waals surface area contributed by atoms with Crippen molar-refractivity contribution in [3.63, 3.8) is 0 Å². The van der Waals surface area contributed by atoms with Crippen LogP contribution in [0.15, 0.2) is 17.1 Å². The molecular formula is C17H24ClN3O2. The highest BCUT2D eigenvalue weighted by Gasteiger charge is 2.16. The predicted molar refractivity (Wildman–Crippen MR) is 92.7 cm³/mol. The zero-order chi connectivity index (χ0) is 16.1. The molecule has 23 heavy (non-hydrogen) atoms. The van der Waals surface area contributed by atoms with Gasteiger partial charge in [0.1, 0.15) is 13.2 Å². The molecule has 0 amide bonds. The average Bonchev–Trinajstić information content (AvgIpc) is 2.84. The van der Waals surface area contributed by atoms with E-state index in [0.29, 0.717) is 36.5 Å². The molecule has 2 N–H and O–H groups in total. The number of rotatable bonds is 3. The number of hydrogen-bond donors (Lipinski definition) is 1. The molecule has 3 rings (SSSR count). The SMILES string of the molecule is NC(=NCCc1cc(Cl)c2c(c1)OCCO2)N1CCCCCC1. The number of aliphatic imine (C=N–C) groups is 1. The van der Waals surface area contributed by atoms with E-state index >= 15 is 0 Å². The van der Waals surface area contributed by atoms with Gasteiger partial charge < -0.3 is 20.1 Å². The van der Waals surface area contributed by atoms with Crippen LogP contribution in [0.1, 0.15) is 31.2 Å². The van der Waals surface area contributed by atoms with E-state index in [2.05, 4.69) is 9.89 Å². The Morgan fingerprint density at radius 3 is 2.65 bits per heavy atom. The fourth-order valence-electron chi connectivity index (χ4n) is 3.01. The largest absolute Gasteiger partial charge is 0.486 e. The van der Waals surface area contributed by atoms with E-state index in [-0.39, 0.29) is 0 Å². The molecule has 6 heteroatoms. The van der Waals surface area contributed by atoms with Crippen LogP contribution in [-0.2, 0) is 6.42 Å². The van der Waals surface area contributed by atoms with Crippen molar-refractivity contribution in [2.75, 3.05) is 32.8 Å². The van der Waals surface area contributed by atoms with Crippen LogP contribution in [0.2, 0.25) is 5.02 Å². The summed E-state index contributed by atoms with van der Waals surface area (Å²) < 4.78 is 11.1. The second-order valence-electron chi connectivity index (χ2n) is 5.99. The third-order valence-electron chi connectivity index (χ3n) is 4.26. The Bertz CT molecular complexity index is 569. The molecule has 126 valence electrons. The van der Waals surface area contributed by atoms with Gasteiger partial charge in [-0.25, -0.2) is 0 Å². The molecular weight excluding hydrogens is 314 g/mol. The smallest absolute Gasteiger partial charge is 0.191 e. The van der Waals surface area contributed by atoms with Gasteiger partial charge in [0.2, 0.25) is 0 Å². The first-order valence-electron chi connectivity index (χ1n) is 8.37. The summed E-state index contributed by atoms with van der Waals surface area (Å²) in [7, 11) is 0. The third kappa shape index (κ3) is 4.22. The molecule has 0 unspecified atom stereocenters. The minimum atomic E-state index is 0.544. The first-order chi connectivity index (χ1) is 11.2. The molecule has 1 aromatic rings. The lowest BCUT2D eigenvalue weighted by Crippen LogP contribution is -2.38. The molecule has 1 saturated heterocycles. The minimum Gasteiger partial charge on any atom is -0.486 e. The van der Waals surface area contributed by atoms with Gasteiger partial charge in [0.25, 0.3) is 0 Å². The van der Waals surface area contributed by atoms with Gasteiger partial charge in [-0.15, -0.1) is 0 Å². The lowest BCUT2D eigenvalue weighted by Gasteiger charge is -2.21. The molecule has 5 nitrogen and oxygen atoms in total. The molecule has 2 heterocycles. The van der Waals surface area contributed by atoms with E-state index < -0.39 is 0 Å². The highest BCUT2D eigenvalue weighted by atomic mass is 35.5. The van der Waals surface area contributed by atoms with Gasteiger partial charge in [0.15, 0.2) is 17.5 Å². The minimum absolute atomic E-state index is 0.544.